The van der Waals surface area contributed by atoms with Gasteiger partial charge in [0.2, 0.25) is 5.91 Å². The van der Waals surface area contributed by atoms with Crippen LogP contribution in [0.3, 0.4) is 0 Å². The number of carbonyl (C=O) groups is 1. The van der Waals surface area contributed by atoms with Gasteiger partial charge in [-0.3, -0.25) is 4.79 Å². The van der Waals surface area contributed by atoms with Crippen LogP contribution in [0.25, 0.3) is 0 Å². The Morgan fingerprint density at radius 2 is 2.15 bits per heavy atom. The van der Waals surface area contributed by atoms with E-state index < -0.39 is 5.92 Å². The van der Waals surface area contributed by atoms with Gasteiger partial charge in [-0.1, -0.05) is 38.2 Å². The number of hydrogen-bond acceptors (Lipinski definition) is 3. The van der Waals surface area contributed by atoms with Crippen LogP contribution in [0.2, 0.25) is 0 Å². The lowest BCUT2D eigenvalue weighted by Crippen LogP contribution is -2.41. The van der Waals surface area contributed by atoms with Crippen molar-refractivity contribution >= 4 is 23.1 Å². The average Bonchev–Trinajstić information content (AvgIpc) is 2.38. The van der Waals surface area contributed by atoms with E-state index in [0.29, 0.717) is 6.54 Å². The van der Waals surface area contributed by atoms with Crippen LogP contribution in [-0.2, 0) is 11.2 Å². The largest absolute Gasteiger partial charge is 0.497 e. The fraction of sp³-hybridized carbons (Fsp3) is 0.467. The van der Waals surface area contributed by atoms with Crippen LogP contribution >= 0.6 is 12.2 Å². The molecule has 0 aromatic heterocycles. The molecule has 0 heterocycles. The number of amides is 1. The van der Waals surface area contributed by atoms with E-state index >= 15 is 0 Å². The van der Waals surface area contributed by atoms with Crippen LogP contribution in [0.5, 0.6) is 5.75 Å². The van der Waals surface area contributed by atoms with Crippen LogP contribution in [0.15, 0.2) is 24.3 Å². The highest BCUT2D eigenvalue weighted by Gasteiger charge is 2.24. The quantitative estimate of drug-likeness (QED) is 0.754. The van der Waals surface area contributed by atoms with Crippen LogP contribution in [0.1, 0.15) is 19.4 Å². The topological polar surface area (TPSA) is 64.3 Å². The minimum absolute atomic E-state index is 0.101. The maximum absolute atomic E-state index is 12.0. The van der Waals surface area contributed by atoms with Gasteiger partial charge >= 0.3 is 0 Å². The zero-order valence-electron chi connectivity index (χ0n) is 12.2. The van der Waals surface area contributed by atoms with Gasteiger partial charge in [-0.05, 0) is 30.0 Å². The van der Waals surface area contributed by atoms with Crippen molar-refractivity contribution in [2.75, 3.05) is 13.7 Å². The fourth-order valence-electron chi connectivity index (χ4n) is 2.03. The van der Waals surface area contributed by atoms with Crippen LogP contribution < -0.4 is 15.8 Å². The summed E-state index contributed by atoms with van der Waals surface area (Å²) in [6.07, 6.45) is 0.741. The molecule has 1 amide bonds. The van der Waals surface area contributed by atoms with Crippen LogP contribution in [-0.4, -0.2) is 24.6 Å². The molecule has 1 aromatic carbocycles. The summed E-state index contributed by atoms with van der Waals surface area (Å²) in [6, 6.07) is 7.79. The van der Waals surface area contributed by atoms with E-state index in [4.69, 9.17) is 22.7 Å². The Labute approximate surface area is 125 Å². The Hall–Kier alpha value is -1.62. The minimum Gasteiger partial charge on any atom is -0.497 e. The van der Waals surface area contributed by atoms with Crippen molar-refractivity contribution in [3.63, 3.8) is 0 Å². The summed E-state index contributed by atoms with van der Waals surface area (Å²) in [6.45, 7) is 4.43. The second-order valence-electron chi connectivity index (χ2n) is 5.02. The van der Waals surface area contributed by atoms with Crippen LogP contribution in [0.4, 0.5) is 0 Å². The molecular formula is C15H22N2O2S. The molecule has 0 fully saturated rings. The van der Waals surface area contributed by atoms with Gasteiger partial charge in [0.1, 0.15) is 5.75 Å². The molecule has 1 rings (SSSR count). The van der Waals surface area contributed by atoms with Crippen molar-refractivity contribution in [3.8, 4) is 5.75 Å². The molecule has 0 spiro atoms. The summed E-state index contributed by atoms with van der Waals surface area (Å²) in [5, 5.41) is 2.88. The number of ether oxygens (including phenoxy) is 1. The highest BCUT2D eigenvalue weighted by Crippen LogP contribution is 2.13. The van der Waals surface area contributed by atoms with Crippen molar-refractivity contribution in [1.29, 1.82) is 0 Å². The third kappa shape index (κ3) is 4.81. The number of rotatable bonds is 7. The Balaban J connectivity index is 2.50. The first-order chi connectivity index (χ1) is 9.45. The molecule has 1 atom stereocenters. The average molecular weight is 294 g/mol. The van der Waals surface area contributed by atoms with E-state index in [-0.39, 0.29) is 16.8 Å². The first kappa shape index (κ1) is 16.4. The van der Waals surface area contributed by atoms with Crippen molar-refractivity contribution in [3.05, 3.63) is 29.8 Å². The molecule has 110 valence electrons. The molecule has 20 heavy (non-hydrogen) atoms. The highest BCUT2D eigenvalue weighted by atomic mass is 32.1. The smallest absolute Gasteiger partial charge is 0.230 e. The van der Waals surface area contributed by atoms with Gasteiger partial charge in [0, 0.05) is 6.54 Å². The molecule has 3 N–H and O–H groups in total. The molecule has 4 nitrogen and oxygen atoms in total. The monoisotopic (exact) mass is 294 g/mol. The number of thiocarbonyl (C=S) groups is 1. The van der Waals surface area contributed by atoms with E-state index in [1.165, 1.54) is 0 Å². The third-order valence-corrected chi connectivity index (χ3v) is 3.36. The molecule has 0 saturated heterocycles. The Kier molecular flexibility index (Phi) is 6.45. The number of benzene rings is 1. The standard InChI is InChI=1S/C15H22N2O2S/c1-10(2)13(14(16)20)15(18)17-8-7-11-5-4-6-12(9-11)19-3/h4-6,9-10,13H,7-8H2,1-3H3,(H2,16,20)(H,17,18). The summed E-state index contributed by atoms with van der Waals surface area (Å²) < 4.78 is 5.16. The number of nitrogens with two attached hydrogens (primary N) is 1. The summed E-state index contributed by atoms with van der Waals surface area (Å²) >= 11 is 4.95. The van der Waals surface area contributed by atoms with Gasteiger partial charge in [-0.25, -0.2) is 0 Å². The van der Waals surface area contributed by atoms with E-state index in [0.717, 1.165) is 17.7 Å². The van der Waals surface area contributed by atoms with E-state index in [1.54, 1.807) is 7.11 Å². The predicted molar refractivity (Wildman–Crippen MR) is 84.8 cm³/mol. The van der Waals surface area contributed by atoms with E-state index in [2.05, 4.69) is 5.32 Å². The molecule has 0 saturated carbocycles. The zero-order valence-corrected chi connectivity index (χ0v) is 13.0. The lowest BCUT2D eigenvalue weighted by Gasteiger charge is -2.18. The molecule has 0 aliphatic carbocycles. The Morgan fingerprint density at radius 1 is 1.45 bits per heavy atom. The Bertz CT molecular complexity index is 475. The maximum atomic E-state index is 12.0. The number of carbonyl (C=O) groups excluding carboxylic acids is 1. The highest BCUT2D eigenvalue weighted by molar-refractivity contribution is 7.80. The third-order valence-electron chi connectivity index (χ3n) is 3.10. The van der Waals surface area contributed by atoms with E-state index in [9.17, 15) is 4.79 Å². The second-order valence-corrected chi connectivity index (χ2v) is 5.49. The number of hydrogen-bond donors (Lipinski definition) is 2. The van der Waals surface area contributed by atoms with Gasteiger partial charge in [0.15, 0.2) is 0 Å². The molecular weight excluding hydrogens is 272 g/mol. The summed E-state index contributed by atoms with van der Waals surface area (Å²) in [4.78, 5) is 12.3. The maximum Gasteiger partial charge on any atom is 0.230 e. The lowest BCUT2D eigenvalue weighted by molar-refractivity contribution is -0.123. The Morgan fingerprint density at radius 3 is 2.70 bits per heavy atom. The van der Waals surface area contributed by atoms with Gasteiger partial charge in [-0.15, -0.1) is 0 Å². The van der Waals surface area contributed by atoms with Crippen LogP contribution in [0, 0.1) is 11.8 Å². The first-order valence-corrected chi connectivity index (χ1v) is 7.06. The van der Waals surface area contributed by atoms with E-state index in [1.807, 2.05) is 38.1 Å². The first-order valence-electron chi connectivity index (χ1n) is 6.65. The molecule has 0 aliphatic rings. The van der Waals surface area contributed by atoms with Crippen molar-refractivity contribution in [2.24, 2.45) is 17.6 Å². The number of methoxy groups -OCH3 is 1. The predicted octanol–water partition coefficient (Wildman–Crippen LogP) is 1.91. The van der Waals surface area contributed by atoms with Crippen molar-refractivity contribution in [1.82, 2.24) is 5.32 Å². The van der Waals surface area contributed by atoms with Gasteiger partial charge < -0.3 is 15.8 Å². The normalized spacial score (nSPS) is 12.0. The summed E-state index contributed by atoms with van der Waals surface area (Å²) in [5.74, 6) is 0.409. The molecule has 0 aliphatic heterocycles. The summed E-state index contributed by atoms with van der Waals surface area (Å²) in [5.41, 5.74) is 6.73. The molecule has 1 unspecified atom stereocenters. The van der Waals surface area contributed by atoms with Gasteiger partial charge in [0.05, 0.1) is 18.0 Å². The molecule has 0 bridgehead atoms. The van der Waals surface area contributed by atoms with Crippen molar-refractivity contribution < 1.29 is 9.53 Å². The number of nitrogens with one attached hydrogen (secondary N) is 1. The molecule has 5 heteroatoms. The summed E-state index contributed by atoms with van der Waals surface area (Å²) in [7, 11) is 1.64. The molecule has 1 aromatic rings. The second kappa shape index (κ2) is 7.85. The fourth-order valence-corrected chi connectivity index (χ4v) is 2.41. The lowest BCUT2D eigenvalue weighted by atomic mass is 9.95. The van der Waals surface area contributed by atoms with Gasteiger partial charge in [0.25, 0.3) is 0 Å². The van der Waals surface area contributed by atoms with Crippen molar-refractivity contribution in [2.45, 2.75) is 20.3 Å². The SMILES string of the molecule is COc1cccc(CCNC(=O)C(C(N)=S)C(C)C)c1. The zero-order chi connectivity index (χ0) is 15.1. The molecule has 0 radical (unpaired) electrons. The minimum atomic E-state index is -0.407. The van der Waals surface area contributed by atoms with Gasteiger partial charge in [-0.2, -0.15) is 0 Å².